The summed E-state index contributed by atoms with van der Waals surface area (Å²) in [5, 5.41) is 18.2. The summed E-state index contributed by atoms with van der Waals surface area (Å²) in [7, 11) is 1.91. The number of nitrogens with one attached hydrogen (secondary N) is 1. The minimum Gasteiger partial charge on any atom is -0.381 e. The van der Waals surface area contributed by atoms with Crippen LogP contribution in [0.4, 0.5) is 11.4 Å². The van der Waals surface area contributed by atoms with Crippen molar-refractivity contribution in [2.24, 2.45) is 7.05 Å². The number of nitro groups is 1. The molecule has 1 heterocycles. The first kappa shape index (κ1) is 13.1. The summed E-state index contributed by atoms with van der Waals surface area (Å²) in [4.78, 5) is 10.2. The lowest BCUT2D eigenvalue weighted by Gasteiger charge is -2.06. The third kappa shape index (κ3) is 2.73. The smallest absolute Gasteiger partial charge is 0.269 e. The molecule has 2 rings (SSSR count). The molecule has 0 aliphatic rings. The van der Waals surface area contributed by atoms with Gasteiger partial charge < -0.3 is 5.32 Å². The molecule has 0 aliphatic heterocycles. The van der Waals surface area contributed by atoms with Gasteiger partial charge in [0, 0.05) is 42.7 Å². The SMILES string of the molecule is Cc1nn(C)c(C)c1CNc1ccc([N+](=O)[O-])cc1. The third-order valence-electron chi connectivity index (χ3n) is 3.21. The molecule has 6 heteroatoms. The topological polar surface area (TPSA) is 73.0 Å². The molecule has 0 bridgehead atoms. The highest BCUT2D eigenvalue weighted by Crippen LogP contribution is 2.18. The number of anilines is 1. The Bertz CT molecular complexity index is 602. The predicted molar refractivity (Wildman–Crippen MR) is 73.1 cm³/mol. The average molecular weight is 260 g/mol. The molecule has 0 aliphatic carbocycles. The third-order valence-corrected chi connectivity index (χ3v) is 3.21. The van der Waals surface area contributed by atoms with Gasteiger partial charge in [0.25, 0.3) is 5.69 Å². The molecule has 0 fully saturated rings. The fourth-order valence-electron chi connectivity index (χ4n) is 1.96. The van der Waals surface area contributed by atoms with Crippen molar-refractivity contribution in [3.63, 3.8) is 0 Å². The Morgan fingerprint density at radius 2 is 1.95 bits per heavy atom. The maximum atomic E-state index is 10.6. The number of aryl methyl sites for hydroxylation is 2. The van der Waals surface area contributed by atoms with Crippen molar-refractivity contribution in [3.05, 3.63) is 51.3 Å². The zero-order chi connectivity index (χ0) is 14.0. The van der Waals surface area contributed by atoms with Gasteiger partial charge in [0.1, 0.15) is 0 Å². The number of hydrogen-bond donors (Lipinski definition) is 1. The van der Waals surface area contributed by atoms with Crippen molar-refractivity contribution in [1.82, 2.24) is 9.78 Å². The van der Waals surface area contributed by atoms with E-state index >= 15 is 0 Å². The van der Waals surface area contributed by atoms with Crippen molar-refractivity contribution in [1.29, 1.82) is 0 Å². The number of non-ortho nitro benzene ring substituents is 1. The number of rotatable bonds is 4. The van der Waals surface area contributed by atoms with Gasteiger partial charge in [-0.1, -0.05) is 0 Å². The van der Waals surface area contributed by atoms with E-state index in [1.807, 2.05) is 25.6 Å². The molecule has 2 aromatic rings. The van der Waals surface area contributed by atoms with E-state index in [9.17, 15) is 10.1 Å². The molecule has 1 aromatic carbocycles. The number of hydrogen-bond acceptors (Lipinski definition) is 4. The first-order chi connectivity index (χ1) is 8.99. The fourth-order valence-corrected chi connectivity index (χ4v) is 1.96. The molecule has 6 nitrogen and oxygen atoms in total. The number of aromatic nitrogens is 2. The highest BCUT2D eigenvalue weighted by atomic mass is 16.6. The van der Waals surface area contributed by atoms with Gasteiger partial charge in [-0.3, -0.25) is 14.8 Å². The van der Waals surface area contributed by atoms with E-state index in [1.165, 1.54) is 12.1 Å². The Morgan fingerprint density at radius 3 is 2.42 bits per heavy atom. The zero-order valence-corrected chi connectivity index (χ0v) is 11.2. The van der Waals surface area contributed by atoms with Crippen molar-refractivity contribution in [2.45, 2.75) is 20.4 Å². The number of nitrogens with zero attached hydrogens (tertiary/aromatic N) is 3. The summed E-state index contributed by atoms with van der Waals surface area (Å²) in [6.45, 7) is 4.65. The van der Waals surface area contributed by atoms with E-state index in [0.29, 0.717) is 6.54 Å². The van der Waals surface area contributed by atoms with Gasteiger partial charge in [-0.25, -0.2) is 0 Å². The lowest BCUT2D eigenvalue weighted by Crippen LogP contribution is -2.02. The lowest BCUT2D eigenvalue weighted by atomic mass is 10.2. The largest absolute Gasteiger partial charge is 0.381 e. The molecule has 0 unspecified atom stereocenters. The van der Waals surface area contributed by atoms with Crippen LogP contribution in [0.2, 0.25) is 0 Å². The van der Waals surface area contributed by atoms with Crippen molar-refractivity contribution in [3.8, 4) is 0 Å². The standard InChI is InChI=1S/C13H16N4O2/c1-9-13(10(2)16(3)15-9)8-14-11-4-6-12(7-5-11)17(18)19/h4-7,14H,8H2,1-3H3. The molecule has 1 aromatic heterocycles. The van der Waals surface area contributed by atoms with Crippen LogP contribution in [0.15, 0.2) is 24.3 Å². The van der Waals surface area contributed by atoms with Gasteiger partial charge in [0.2, 0.25) is 0 Å². The second-order valence-corrected chi connectivity index (χ2v) is 4.43. The van der Waals surface area contributed by atoms with Crippen LogP contribution in [0.5, 0.6) is 0 Å². The summed E-state index contributed by atoms with van der Waals surface area (Å²) in [6, 6.07) is 6.40. The van der Waals surface area contributed by atoms with Gasteiger partial charge in [-0.2, -0.15) is 5.10 Å². The number of nitro benzene ring substituents is 1. The highest BCUT2D eigenvalue weighted by Gasteiger charge is 2.09. The monoisotopic (exact) mass is 260 g/mol. The van der Waals surface area contributed by atoms with E-state index in [2.05, 4.69) is 10.4 Å². The van der Waals surface area contributed by atoms with Crippen molar-refractivity contribution < 1.29 is 4.92 Å². The second kappa shape index (κ2) is 5.09. The van der Waals surface area contributed by atoms with E-state index < -0.39 is 4.92 Å². The van der Waals surface area contributed by atoms with Gasteiger partial charge in [-0.15, -0.1) is 0 Å². The normalized spacial score (nSPS) is 10.5. The van der Waals surface area contributed by atoms with Crippen molar-refractivity contribution in [2.75, 3.05) is 5.32 Å². The van der Waals surface area contributed by atoms with Crippen LogP contribution in [0.1, 0.15) is 17.0 Å². The average Bonchev–Trinajstić information content (AvgIpc) is 2.62. The van der Waals surface area contributed by atoms with Crippen LogP contribution >= 0.6 is 0 Å². The summed E-state index contributed by atoms with van der Waals surface area (Å²) in [5.74, 6) is 0. The Balaban J connectivity index is 2.08. The number of benzene rings is 1. The molecule has 0 saturated carbocycles. The Kier molecular flexibility index (Phi) is 3.50. The Labute approximate surface area is 111 Å². The lowest BCUT2D eigenvalue weighted by molar-refractivity contribution is -0.384. The summed E-state index contributed by atoms with van der Waals surface area (Å²) >= 11 is 0. The minimum absolute atomic E-state index is 0.0966. The molecular formula is C13H16N4O2. The van der Waals surface area contributed by atoms with Crippen LogP contribution < -0.4 is 5.32 Å². The van der Waals surface area contributed by atoms with Gasteiger partial charge >= 0.3 is 0 Å². The van der Waals surface area contributed by atoms with Crippen LogP contribution in [0.3, 0.4) is 0 Å². The quantitative estimate of drug-likeness (QED) is 0.677. The molecule has 0 radical (unpaired) electrons. The van der Waals surface area contributed by atoms with E-state index in [4.69, 9.17) is 0 Å². The van der Waals surface area contributed by atoms with Gasteiger partial charge in [0.15, 0.2) is 0 Å². The maximum absolute atomic E-state index is 10.6. The summed E-state index contributed by atoms with van der Waals surface area (Å²) < 4.78 is 1.85. The molecule has 1 N–H and O–H groups in total. The fraction of sp³-hybridized carbons (Fsp3) is 0.308. The van der Waals surface area contributed by atoms with Crippen LogP contribution in [0, 0.1) is 24.0 Å². The molecule has 0 amide bonds. The Morgan fingerprint density at radius 1 is 1.32 bits per heavy atom. The molecular weight excluding hydrogens is 244 g/mol. The van der Waals surface area contributed by atoms with E-state index in [-0.39, 0.29) is 5.69 Å². The van der Waals surface area contributed by atoms with Gasteiger partial charge in [-0.05, 0) is 26.0 Å². The maximum Gasteiger partial charge on any atom is 0.269 e. The van der Waals surface area contributed by atoms with Crippen LogP contribution in [-0.4, -0.2) is 14.7 Å². The van der Waals surface area contributed by atoms with Crippen LogP contribution in [-0.2, 0) is 13.6 Å². The molecule has 0 spiro atoms. The predicted octanol–water partition coefficient (Wildman–Crippen LogP) is 2.56. The van der Waals surface area contributed by atoms with E-state index in [0.717, 1.165) is 22.6 Å². The van der Waals surface area contributed by atoms with E-state index in [1.54, 1.807) is 12.1 Å². The molecule has 0 saturated heterocycles. The van der Waals surface area contributed by atoms with Crippen molar-refractivity contribution >= 4 is 11.4 Å². The minimum atomic E-state index is -0.404. The highest BCUT2D eigenvalue weighted by molar-refractivity contribution is 5.49. The first-order valence-corrected chi connectivity index (χ1v) is 5.96. The molecule has 19 heavy (non-hydrogen) atoms. The second-order valence-electron chi connectivity index (χ2n) is 4.43. The molecule has 0 atom stereocenters. The zero-order valence-electron chi connectivity index (χ0n) is 11.2. The van der Waals surface area contributed by atoms with Crippen LogP contribution in [0.25, 0.3) is 0 Å². The summed E-state index contributed by atoms with van der Waals surface area (Å²) in [6.07, 6.45) is 0. The first-order valence-electron chi connectivity index (χ1n) is 5.96. The van der Waals surface area contributed by atoms with Gasteiger partial charge in [0.05, 0.1) is 10.6 Å². The molecule has 100 valence electrons. The Hall–Kier alpha value is -2.37. The summed E-state index contributed by atoms with van der Waals surface area (Å²) in [5.41, 5.74) is 4.22.